The van der Waals surface area contributed by atoms with Crippen LogP contribution in [0, 0.1) is 0 Å². The molecule has 2 saturated heterocycles. The van der Waals surface area contributed by atoms with Crippen molar-refractivity contribution in [3.8, 4) is 0 Å². The minimum absolute atomic E-state index is 0.0155. The topological polar surface area (TPSA) is 49.7 Å². The van der Waals surface area contributed by atoms with Gasteiger partial charge in [-0.05, 0) is 55.5 Å². The number of hydrogen-bond donors (Lipinski definition) is 1. The molecule has 33 heavy (non-hydrogen) atoms. The van der Waals surface area contributed by atoms with Crippen molar-refractivity contribution in [3.05, 3.63) is 66.4 Å². The molecule has 0 saturated carbocycles. The maximum absolute atomic E-state index is 13.2. The normalized spacial score (nSPS) is 19.6. The Kier molecular flexibility index (Phi) is 6.93. The molecule has 2 amide bonds. The molecule has 2 aliphatic rings. The van der Waals surface area contributed by atoms with E-state index in [1.807, 2.05) is 17.0 Å². The van der Waals surface area contributed by atoms with Crippen LogP contribution in [0.4, 0.5) is 10.5 Å². The van der Waals surface area contributed by atoms with Crippen LogP contribution >= 0.6 is 0 Å². The van der Waals surface area contributed by atoms with Gasteiger partial charge in [-0.3, -0.25) is 4.90 Å². The van der Waals surface area contributed by atoms with Crippen molar-refractivity contribution >= 4 is 22.6 Å². The van der Waals surface area contributed by atoms with E-state index < -0.39 is 0 Å². The molecule has 3 heterocycles. The second kappa shape index (κ2) is 10.4. The lowest BCUT2D eigenvalue weighted by Gasteiger charge is -2.36. The van der Waals surface area contributed by atoms with Gasteiger partial charge in [0.15, 0.2) is 0 Å². The molecule has 0 bridgehead atoms. The lowest BCUT2D eigenvalue weighted by atomic mass is 9.96. The summed E-state index contributed by atoms with van der Waals surface area (Å²) in [6.45, 7) is 6.50. The van der Waals surface area contributed by atoms with E-state index in [1.165, 1.54) is 17.5 Å². The number of rotatable bonds is 6. The number of urea groups is 1. The zero-order valence-corrected chi connectivity index (χ0v) is 19.3. The smallest absolute Gasteiger partial charge is 0.322 e. The van der Waals surface area contributed by atoms with Crippen LogP contribution in [-0.2, 0) is 17.7 Å². The minimum atomic E-state index is 0.0155. The number of fused-ring (bicyclic) bond motifs is 1. The highest BCUT2D eigenvalue weighted by atomic mass is 16.5. The number of ether oxygens (including phenoxy) is 1. The molecular formula is C27H34N4O2. The Bertz CT molecular complexity index is 1060. The molecule has 1 unspecified atom stereocenters. The molecule has 0 radical (unpaired) electrons. The van der Waals surface area contributed by atoms with Gasteiger partial charge in [0.25, 0.3) is 0 Å². The van der Waals surface area contributed by atoms with Crippen LogP contribution in [-0.4, -0.2) is 65.8 Å². The number of nitrogens with one attached hydrogen (secondary N) is 1. The fourth-order valence-corrected chi connectivity index (χ4v) is 5.11. The number of nitrogens with zero attached hydrogens (tertiary/aromatic N) is 3. The molecule has 6 nitrogen and oxygen atoms in total. The van der Waals surface area contributed by atoms with Crippen molar-refractivity contribution in [2.45, 2.75) is 38.3 Å². The first kappa shape index (κ1) is 22.0. The molecule has 2 fully saturated rings. The van der Waals surface area contributed by atoms with E-state index in [9.17, 15) is 4.79 Å². The van der Waals surface area contributed by atoms with Gasteiger partial charge in [0.1, 0.15) is 0 Å². The Balaban J connectivity index is 1.23. The van der Waals surface area contributed by atoms with Gasteiger partial charge in [0.2, 0.25) is 0 Å². The highest BCUT2D eigenvalue weighted by Crippen LogP contribution is 2.24. The predicted octanol–water partition coefficient (Wildman–Crippen LogP) is 4.60. The lowest BCUT2D eigenvalue weighted by molar-refractivity contribution is 0.0365. The average molecular weight is 447 g/mol. The number of likely N-dealkylation sites (tertiary alicyclic amines) is 1. The zero-order chi connectivity index (χ0) is 22.5. The van der Waals surface area contributed by atoms with Gasteiger partial charge in [-0.15, -0.1) is 0 Å². The van der Waals surface area contributed by atoms with E-state index in [4.69, 9.17) is 4.74 Å². The highest BCUT2D eigenvalue weighted by molar-refractivity contribution is 5.93. The first-order valence-corrected chi connectivity index (χ1v) is 12.3. The number of aromatic nitrogens is 1. The van der Waals surface area contributed by atoms with Crippen LogP contribution in [0.5, 0.6) is 0 Å². The van der Waals surface area contributed by atoms with Crippen LogP contribution in [0.2, 0.25) is 0 Å². The molecule has 1 aromatic heterocycles. The Morgan fingerprint density at radius 2 is 1.82 bits per heavy atom. The molecule has 0 aliphatic carbocycles. The molecule has 6 heteroatoms. The number of hydrogen-bond acceptors (Lipinski definition) is 3. The van der Waals surface area contributed by atoms with Gasteiger partial charge >= 0.3 is 6.03 Å². The Labute approximate surface area is 196 Å². The van der Waals surface area contributed by atoms with E-state index in [1.54, 1.807) is 0 Å². The summed E-state index contributed by atoms with van der Waals surface area (Å²) in [5.41, 5.74) is 3.37. The number of amides is 2. The van der Waals surface area contributed by atoms with E-state index in [2.05, 4.69) is 63.4 Å². The summed E-state index contributed by atoms with van der Waals surface area (Å²) in [6, 6.07) is 19.2. The fraction of sp³-hybridized carbons (Fsp3) is 0.444. The SMILES string of the molecule is O=C(Nc1ccc2c(ccn2CCN2CCOCC2)c1)N1CCCCC1Cc1ccccc1. The zero-order valence-electron chi connectivity index (χ0n) is 19.3. The quantitative estimate of drug-likeness (QED) is 0.602. The number of anilines is 1. The summed E-state index contributed by atoms with van der Waals surface area (Å²) in [5.74, 6) is 0. The summed E-state index contributed by atoms with van der Waals surface area (Å²) in [4.78, 5) is 17.7. The molecule has 0 spiro atoms. The third-order valence-electron chi connectivity index (χ3n) is 6.99. The number of carbonyl (C=O) groups excluding carboxylic acids is 1. The average Bonchev–Trinajstić information content (AvgIpc) is 3.26. The van der Waals surface area contributed by atoms with Gasteiger partial charge in [0, 0.05) is 61.6 Å². The maximum atomic E-state index is 13.2. The second-order valence-electron chi connectivity index (χ2n) is 9.20. The highest BCUT2D eigenvalue weighted by Gasteiger charge is 2.27. The van der Waals surface area contributed by atoms with E-state index in [0.717, 1.165) is 76.3 Å². The predicted molar refractivity (Wildman–Crippen MR) is 133 cm³/mol. The molecule has 1 atom stereocenters. The van der Waals surface area contributed by atoms with Crippen LogP contribution < -0.4 is 5.32 Å². The van der Waals surface area contributed by atoms with Crippen LogP contribution in [0.1, 0.15) is 24.8 Å². The molecule has 3 aromatic rings. The Hall–Kier alpha value is -2.83. The van der Waals surface area contributed by atoms with Crippen molar-refractivity contribution in [2.75, 3.05) is 44.7 Å². The maximum Gasteiger partial charge on any atom is 0.322 e. The number of benzene rings is 2. The molecule has 174 valence electrons. The van der Waals surface area contributed by atoms with E-state index >= 15 is 0 Å². The first-order valence-electron chi connectivity index (χ1n) is 12.3. The molecular weight excluding hydrogens is 412 g/mol. The molecule has 1 N–H and O–H groups in total. The summed E-state index contributed by atoms with van der Waals surface area (Å²) in [7, 11) is 0. The third kappa shape index (κ3) is 5.40. The van der Waals surface area contributed by atoms with Crippen LogP contribution in [0.25, 0.3) is 10.9 Å². The summed E-state index contributed by atoms with van der Waals surface area (Å²) in [6.07, 6.45) is 6.39. The van der Waals surface area contributed by atoms with Gasteiger partial charge < -0.3 is 19.5 Å². The van der Waals surface area contributed by atoms with Crippen molar-refractivity contribution in [2.24, 2.45) is 0 Å². The van der Waals surface area contributed by atoms with Crippen molar-refractivity contribution < 1.29 is 9.53 Å². The van der Waals surface area contributed by atoms with E-state index in [-0.39, 0.29) is 12.1 Å². The van der Waals surface area contributed by atoms with Gasteiger partial charge in [-0.25, -0.2) is 4.79 Å². The van der Waals surface area contributed by atoms with Crippen LogP contribution in [0.3, 0.4) is 0 Å². The fourth-order valence-electron chi connectivity index (χ4n) is 5.11. The molecule has 2 aliphatic heterocycles. The largest absolute Gasteiger partial charge is 0.379 e. The summed E-state index contributed by atoms with van der Waals surface area (Å²) in [5, 5.41) is 4.33. The number of piperidine rings is 1. The first-order chi connectivity index (χ1) is 16.3. The monoisotopic (exact) mass is 446 g/mol. The Morgan fingerprint density at radius 3 is 2.67 bits per heavy atom. The molecule has 2 aromatic carbocycles. The molecule has 5 rings (SSSR count). The van der Waals surface area contributed by atoms with Crippen LogP contribution in [0.15, 0.2) is 60.8 Å². The van der Waals surface area contributed by atoms with Crippen molar-refractivity contribution in [3.63, 3.8) is 0 Å². The summed E-state index contributed by atoms with van der Waals surface area (Å²) < 4.78 is 7.75. The second-order valence-corrected chi connectivity index (χ2v) is 9.20. The summed E-state index contributed by atoms with van der Waals surface area (Å²) >= 11 is 0. The minimum Gasteiger partial charge on any atom is -0.379 e. The van der Waals surface area contributed by atoms with Crippen molar-refractivity contribution in [1.82, 2.24) is 14.4 Å². The third-order valence-corrected chi connectivity index (χ3v) is 6.99. The Morgan fingerprint density at radius 1 is 0.970 bits per heavy atom. The number of carbonyl (C=O) groups is 1. The van der Waals surface area contributed by atoms with Gasteiger partial charge in [0.05, 0.1) is 13.2 Å². The van der Waals surface area contributed by atoms with Gasteiger partial charge in [-0.2, -0.15) is 0 Å². The number of morpholine rings is 1. The van der Waals surface area contributed by atoms with Crippen molar-refractivity contribution in [1.29, 1.82) is 0 Å². The lowest BCUT2D eigenvalue weighted by Crippen LogP contribution is -2.46. The standard InChI is InChI=1S/C27H34N4O2/c32-27(31-12-5-4-8-25(31)20-22-6-2-1-3-7-22)28-24-9-10-26-23(21-24)11-13-30(26)15-14-29-16-18-33-19-17-29/h1-3,6-7,9-11,13,21,25H,4-5,8,12,14-20H2,(H,28,32). The van der Waals surface area contributed by atoms with E-state index in [0.29, 0.717) is 0 Å². The van der Waals surface area contributed by atoms with Gasteiger partial charge in [-0.1, -0.05) is 30.3 Å².